The minimum absolute atomic E-state index is 0.246. The van der Waals surface area contributed by atoms with Gasteiger partial charge in [-0.2, -0.15) is 0 Å². The first-order chi connectivity index (χ1) is 13.1. The van der Waals surface area contributed by atoms with Gasteiger partial charge in [-0.3, -0.25) is 4.98 Å². The number of ether oxygens (including phenoxy) is 1. The molecule has 5 rings (SSSR count). The Balaban J connectivity index is 1.46. The molecule has 4 atom stereocenters. The van der Waals surface area contributed by atoms with Crippen LogP contribution in [-0.4, -0.2) is 12.1 Å². The zero-order valence-electron chi connectivity index (χ0n) is 16.7. The predicted octanol–water partition coefficient (Wildman–Crippen LogP) is 5.64. The standard InChI is InChI=1S/C24H27NO/c1-24-12-11-20-19-8-6-18(26-2)14-16(19)5-7-21(20)23(24)10-9-22(24)17-4-3-13-25-15-17/h3-4,6,8-9,13-15,20-21,23H,5,7,10-12H2,1-2H3/t20-,21-,23+,24-/m1/s1/i13D. The third kappa shape index (κ3) is 2.27. The van der Waals surface area contributed by atoms with E-state index >= 15 is 0 Å². The Labute approximate surface area is 157 Å². The third-order valence-electron chi connectivity index (χ3n) is 7.44. The van der Waals surface area contributed by atoms with E-state index in [1.54, 1.807) is 12.7 Å². The van der Waals surface area contributed by atoms with Gasteiger partial charge in [-0.05, 0) is 95.7 Å². The fourth-order valence-corrected chi connectivity index (χ4v) is 6.18. The molecule has 2 heteroatoms. The normalized spacial score (nSPS) is 32.8. The van der Waals surface area contributed by atoms with E-state index in [9.17, 15) is 0 Å². The van der Waals surface area contributed by atoms with Gasteiger partial charge in [0.2, 0.25) is 0 Å². The summed E-state index contributed by atoms with van der Waals surface area (Å²) in [5.74, 6) is 3.17. The first kappa shape index (κ1) is 15.0. The molecule has 0 N–H and O–H groups in total. The van der Waals surface area contributed by atoms with Crippen LogP contribution in [0, 0.1) is 17.3 Å². The predicted molar refractivity (Wildman–Crippen MR) is 105 cm³/mol. The molecule has 3 aliphatic rings. The van der Waals surface area contributed by atoms with Crippen molar-refractivity contribution >= 4 is 5.57 Å². The summed E-state index contributed by atoms with van der Waals surface area (Å²) in [6.07, 6.45) is 10.9. The minimum atomic E-state index is 0.246. The summed E-state index contributed by atoms with van der Waals surface area (Å²) >= 11 is 0. The van der Waals surface area contributed by atoms with Gasteiger partial charge in [-0.25, -0.2) is 0 Å². The Morgan fingerprint density at radius 2 is 2.19 bits per heavy atom. The van der Waals surface area contributed by atoms with Gasteiger partial charge in [0.25, 0.3) is 0 Å². The monoisotopic (exact) mass is 346 g/mol. The third-order valence-corrected chi connectivity index (χ3v) is 7.44. The smallest absolute Gasteiger partial charge is 0.119 e. The van der Waals surface area contributed by atoms with Gasteiger partial charge in [-0.15, -0.1) is 0 Å². The highest BCUT2D eigenvalue weighted by atomic mass is 16.5. The Morgan fingerprint density at radius 3 is 3.00 bits per heavy atom. The molecule has 0 radical (unpaired) electrons. The molecule has 0 bridgehead atoms. The van der Waals surface area contributed by atoms with Crippen LogP contribution in [0.15, 0.2) is 48.8 Å². The second-order valence-electron chi connectivity index (χ2n) is 8.47. The summed E-state index contributed by atoms with van der Waals surface area (Å²) in [6, 6.07) is 10.6. The lowest BCUT2D eigenvalue weighted by molar-refractivity contribution is 0.0885. The molecular weight excluding hydrogens is 318 g/mol. The highest BCUT2D eigenvalue weighted by Crippen LogP contribution is 2.63. The van der Waals surface area contributed by atoms with Crippen LogP contribution in [0.1, 0.15) is 56.6 Å². The average Bonchev–Trinajstić information content (AvgIpc) is 3.05. The second kappa shape index (κ2) is 5.97. The topological polar surface area (TPSA) is 22.1 Å². The van der Waals surface area contributed by atoms with Crippen molar-refractivity contribution in [3.63, 3.8) is 0 Å². The van der Waals surface area contributed by atoms with E-state index in [-0.39, 0.29) is 5.41 Å². The van der Waals surface area contributed by atoms with Gasteiger partial charge in [0.15, 0.2) is 0 Å². The van der Waals surface area contributed by atoms with E-state index < -0.39 is 0 Å². The molecule has 0 unspecified atom stereocenters. The molecule has 0 amide bonds. The van der Waals surface area contributed by atoms with Crippen LogP contribution < -0.4 is 4.74 Å². The molecule has 134 valence electrons. The van der Waals surface area contributed by atoms with Crippen molar-refractivity contribution in [2.24, 2.45) is 17.3 Å². The van der Waals surface area contributed by atoms with Gasteiger partial charge < -0.3 is 4.74 Å². The molecule has 0 spiro atoms. The molecule has 1 aromatic carbocycles. The molecule has 26 heavy (non-hydrogen) atoms. The zero-order valence-corrected chi connectivity index (χ0v) is 15.7. The number of nitrogens with zero attached hydrogens (tertiary/aromatic N) is 1. The highest BCUT2D eigenvalue weighted by molar-refractivity contribution is 5.72. The van der Waals surface area contributed by atoms with Crippen molar-refractivity contribution in [1.29, 1.82) is 0 Å². The summed E-state index contributed by atoms with van der Waals surface area (Å²) in [4.78, 5) is 4.23. The molecule has 0 saturated heterocycles. The Morgan fingerprint density at radius 1 is 1.27 bits per heavy atom. The minimum Gasteiger partial charge on any atom is -0.497 e. The largest absolute Gasteiger partial charge is 0.497 e. The van der Waals surface area contributed by atoms with E-state index in [0.717, 1.165) is 17.6 Å². The number of rotatable bonds is 2. The summed E-state index contributed by atoms with van der Waals surface area (Å²) in [5.41, 5.74) is 6.01. The molecule has 3 aliphatic carbocycles. The van der Waals surface area contributed by atoms with E-state index in [2.05, 4.69) is 42.2 Å². The molecule has 0 aliphatic heterocycles. The number of hydrogen-bond acceptors (Lipinski definition) is 2. The van der Waals surface area contributed by atoms with Crippen LogP contribution in [0.2, 0.25) is 0 Å². The van der Waals surface area contributed by atoms with Crippen molar-refractivity contribution in [1.82, 2.24) is 4.98 Å². The zero-order chi connectivity index (χ0) is 18.6. The number of benzene rings is 1. The maximum absolute atomic E-state index is 7.67. The Kier molecular flexibility index (Phi) is 3.45. The number of allylic oxidation sites excluding steroid dienone is 2. The van der Waals surface area contributed by atoms with Crippen LogP contribution in [0.3, 0.4) is 0 Å². The quantitative estimate of drug-likeness (QED) is 0.702. The molecule has 1 aromatic heterocycles. The Bertz CT molecular complexity index is 903. The molecule has 1 fully saturated rings. The van der Waals surface area contributed by atoms with E-state index in [4.69, 9.17) is 6.11 Å². The summed E-state index contributed by atoms with van der Waals surface area (Å²) in [5, 5.41) is 0. The van der Waals surface area contributed by atoms with Crippen LogP contribution >= 0.6 is 0 Å². The number of aromatic nitrogens is 1. The van der Waals surface area contributed by atoms with Gasteiger partial charge in [0, 0.05) is 12.4 Å². The van der Waals surface area contributed by atoms with Crippen LogP contribution in [0.25, 0.3) is 5.57 Å². The van der Waals surface area contributed by atoms with Crippen molar-refractivity contribution in [3.05, 3.63) is 65.5 Å². The van der Waals surface area contributed by atoms with Gasteiger partial charge in [-0.1, -0.05) is 25.1 Å². The lowest BCUT2D eigenvalue weighted by atomic mass is 9.54. The molecule has 2 nitrogen and oxygen atoms in total. The number of fused-ring (bicyclic) bond motifs is 5. The maximum Gasteiger partial charge on any atom is 0.119 e. The van der Waals surface area contributed by atoms with Crippen LogP contribution in [0.5, 0.6) is 5.75 Å². The second-order valence-corrected chi connectivity index (χ2v) is 8.47. The molecule has 2 aromatic rings. The SMILES string of the molecule is [2H]c1ccc(C2=CC[C@H]3[C@@H]4CCc5cc(OC)ccc5[C@H]4CC[C@]23C)cn1. The van der Waals surface area contributed by atoms with Gasteiger partial charge in [0.1, 0.15) is 5.75 Å². The molecule has 1 saturated carbocycles. The van der Waals surface area contributed by atoms with E-state index in [1.807, 2.05) is 12.3 Å². The number of hydrogen-bond donors (Lipinski definition) is 0. The lowest BCUT2D eigenvalue weighted by Gasteiger charge is -2.50. The van der Waals surface area contributed by atoms with Gasteiger partial charge >= 0.3 is 0 Å². The Hall–Kier alpha value is -2.09. The van der Waals surface area contributed by atoms with E-state index in [0.29, 0.717) is 12.1 Å². The fraction of sp³-hybridized carbons (Fsp3) is 0.458. The highest BCUT2D eigenvalue weighted by Gasteiger charge is 2.51. The van der Waals surface area contributed by atoms with E-state index in [1.165, 1.54) is 48.8 Å². The van der Waals surface area contributed by atoms with Crippen molar-refractivity contribution < 1.29 is 6.11 Å². The first-order valence-electron chi connectivity index (χ1n) is 10.4. The summed E-state index contributed by atoms with van der Waals surface area (Å²) in [7, 11) is 1.76. The maximum atomic E-state index is 7.67. The fourth-order valence-electron chi connectivity index (χ4n) is 6.18. The number of pyridine rings is 1. The van der Waals surface area contributed by atoms with Crippen molar-refractivity contribution in [2.75, 3.05) is 7.11 Å². The number of methoxy groups -OCH3 is 1. The first-order valence-corrected chi connectivity index (χ1v) is 9.90. The lowest BCUT2D eigenvalue weighted by Crippen LogP contribution is -2.40. The van der Waals surface area contributed by atoms with Crippen molar-refractivity contribution in [2.45, 2.75) is 44.9 Å². The number of aryl methyl sites for hydroxylation is 1. The molecular formula is C24H27NO. The van der Waals surface area contributed by atoms with Crippen molar-refractivity contribution in [3.8, 4) is 5.75 Å². The van der Waals surface area contributed by atoms with Crippen LogP contribution in [0.4, 0.5) is 0 Å². The summed E-state index contributed by atoms with van der Waals surface area (Å²) in [6.45, 7) is 2.48. The average molecular weight is 346 g/mol. The van der Waals surface area contributed by atoms with Crippen LogP contribution in [-0.2, 0) is 6.42 Å². The summed E-state index contributed by atoms with van der Waals surface area (Å²) < 4.78 is 13.1. The molecule has 1 heterocycles. The van der Waals surface area contributed by atoms with Gasteiger partial charge in [0.05, 0.1) is 8.48 Å².